The SMILES string of the molecule is CC(=O)NC1C(OC=O)OC(COC(C)=O)C(OC(C)=O)C1OC(C)=O. The molecule has 1 fully saturated rings. The molecule has 0 aromatic heterocycles. The Labute approximate surface area is 149 Å². The predicted molar refractivity (Wildman–Crippen MR) is 81.2 cm³/mol. The van der Waals surface area contributed by atoms with Crippen LogP contribution in [0.25, 0.3) is 0 Å². The second-order valence-electron chi connectivity index (χ2n) is 5.45. The van der Waals surface area contributed by atoms with E-state index in [1.807, 2.05) is 0 Å². The zero-order chi connectivity index (χ0) is 19.9. The van der Waals surface area contributed by atoms with Crippen molar-refractivity contribution in [1.82, 2.24) is 5.32 Å². The molecule has 5 unspecified atom stereocenters. The normalized spacial score (nSPS) is 27.6. The van der Waals surface area contributed by atoms with E-state index >= 15 is 0 Å². The highest BCUT2D eigenvalue weighted by atomic mass is 16.7. The molecule has 5 atom stereocenters. The Bertz CT molecular complexity index is 563. The van der Waals surface area contributed by atoms with Gasteiger partial charge in [-0.15, -0.1) is 0 Å². The average Bonchev–Trinajstić information content (AvgIpc) is 2.50. The van der Waals surface area contributed by atoms with E-state index in [1.54, 1.807) is 0 Å². The summed E-state index contributed by atoms with van der Waals surface area (Å²) >= 11 is 0. The Morgan fingerprint density at radius 2 is 1.54 bits per heavy atom. The second-order valence-corrected chi connectivity index (χ2v) is 5.45. The molecule has 0 aliphatic carbocycles. The topological polar surface area (TPSA) is 144 Å². The molecule has 0 saturated carbocycles. The Morgan fingerprint density at radius 1 is 0.962 bits per heavy atom. The van der Waals surface area contributed by atoms with Gasteiger partial charge in [0.15, 0.2) is 12.2 Å². The van der Waals surface area contributed by atoms with Crippen molar-refractivity contribution in [3.8, 4) is 0 Å². The first kappa shape index (κ1) is 21.4. The van der Waals surface area contributed by atoms with Crippen LogP contribution in [0.2, 0.25) is 0 Å². The van der Waals surface area contributed by atoms with Crippen molar-refractivity contribution in [1.29, 1.82) is 0 Å². The minimum Gasteiger partial charge on any atom is -0.463 e. The van der Waals surface area contributed by atoms with Gasteiger partial charge in [0, 0.05) is 27.7 Å². The van der Waals surface area contributed by atoms with Gasteiger partial charge in [0.05, 0.1) is 0 Å². The smallest absolute Gasteiger partial charge is 0.303 e. The number of esters is 3. The first-order chi connectivity index (χ1) is 12.1. The van der Waals surface area contributed by atoms with Gasteiger partial charge in [-0.05, 0) is 0 Å². The predicted octanol–water partition coefficient (Wildman–Crippen LogP) is -1.18. The number of hydrogen-bond acceptors (Lipinski definition) is 10. The molecule has 1 aliphatic rings. The number of hydrogen-bond donors (Lipinski definition) is 1. The lowest BCUT2D eigenvalue weighted by Crippen LogP contribution is -2.66. The van der Waals surface area contributed by atoms with Gasteiger partial charge >= 0.3 is 17.9 Å². The Morgan fingerprint density at radius 3 is 2.00 bits per heavy atom. The standard InChI is InChI=1S/C15H21NO10/c1-7(18)16-12-14(25-10(4)21)13(24-9(3)20)11(5-22-8(2)19)26-15(12)23-6-17/h6,11-15H,5H2,1-4H3,(H,16,18). The molecule has 0 spiro atoms. The maximum atomic E-state index is 11.5. The molecule has 0 aromatic carbocycles. The van der Waals surface area contributed by atoms with Crippen molar-refractivity contribution in [2.75, 3.05) is 6.61 Å². The summed E-state index contributed by atoms with van der Waals surface area (Å²) in [6, 6.07) is -1.15. The largest absolute Gasteiger partial charge is 0.463 e. The molecule has 1 heterocycles. The van der Waals surface area contributed by atoms with E-state index < -0.39 is 54.5 Å². The summed E-state index contributed by atoms with van der Waals surface area (Å²) < 4.78 is 25.5. The van der Waals surface area contributed by atoms with Crippen LogP contribution < -0.4 is 5.32 Å². The van der Waals surface area contributed by atoms with Gasteiger partial charge in [-0.2, -0.15) is 0 Å². The fourth-order valence-corrected chi connectivity index (χ4v) is 2.46. The summed E-state index contributed by atoms with van der Waals surface area (Å²) in [7, 11) is 0. The second kappa shape index (κ2) is 9.70. The molecule has 0 radical (unpaired) electrons. The van der Waals surface area contributed by atoms with Crippen molar-refractivity contribution in [3.63, 3.8) is 0 Å². The molecular formula is C15H21NO10. The molecular weight excluding hydrogens is 354 g/mol. The average molecular weight is 375 g/mol. The molecule has 146 valence electrons. The van der Waals surface area contributed by atoms with Gasteiger partial charge < -0.3 is 29.0 Å². The number of carbonyl (C=O) groups excluding carboxylic acids is 5. The minimum atomic E-state index is -1.37. The fraction of sp³-hybridized carbons (Fsp3) is 0.667. The molecule has 0 bridgehead atoms. The van der Waals surface area contributed by atoms with E-state index in [4.69, 9.17) is 23.7 Å². The van der Waals surface area contributed by atoms with E-state index in [-0.39, 0.29) is 13.1 Å². The molecule has 1 amide bonds. The van der Waals surface area contributed by atoms with Crippen LogP contribution in [0.3, 0.4) is 0 Å². The first-order valence-corrected chi connectivity index (χ1v) is 7.65. The van der Waals surface area contributed by atoms with E-state index in [0.29, 0.717) is 0 Å². The van der Waals surface area contributed by atoms with Crippen LogP contribution in [0.1, 0.15) is 27.7 Å². The van der Waals surface area contributed by atoms with Crippen LogP contribution >= 0.6 is 0 Å². The number of ether oxygens (including phenoxy) is 5. The van der Waals surface area contributed by atoms with Gasteiger partial charge in [0.1, 0.15) is 18.8 Å². The summed E-state index contributed by atoms with van der Waals surface area (Å²) in [5, 5.41) is 2.44. The van der Waals surface area contributed by atoms with Gasteiger partial charge in [-0.25, -0.2) is 0 Å². The van der Waals surface area contributed by atoms with Gasteiger partial charge in [0.2, 0.25) is 12.2 Å². The molecule has 1 rings (SSSR count). The number of amides is 1. The molecule has 26 heavy (non-hydrogen) atoms. The zero-order valence-corrected chi connectivity index (χ0v) is 14.8. The van der Waals surface area contributed by atoms with Crippen molar-refractivity contribution < 1.29 is 47.7 Å². The van der Waals surface area contributed by atoms with Crippen molar-refractivity contribution >= 4 is 30.3 Å². The molecule has 11 nitrogen and oxygen atoms in total. The summed E-state index contributed by atoms with van der Waals surface area (Å²) in [4.78, 5) is 56.3. The Hall–Kier alpha value is -2.69. The minimum absolute atomic E-state index is 0.0827. The van der Waals surface area contributed by atoms with Gasteiger partial charge in [0.25, 0.3) is 6.47 Å². The fourth-order valence-electron chi connectivity index (χ4n) is 2.46. The van der Waals surface area contributed by atoms with Crippen LogP contribution in [0.5, 0.6) is 0 Å². The highest BCUT2D eigenvalue weighted by Gasteiger charge is 2.51. The summed E-state index contributed by atoms with van der Waals surface area (Å²) in [5.74, 6) is -2.62. The summed E-state index contributed by atoms with van der Waals surface area (Å²) in [5.41, 5.74) is 0. The lowest BCUT2D eigenvalue weighted by Gasteiger charge is -2.44. The first-order valence-electron chi connectivity index (χ1n) is 7.65. The summed E-state index contributed by atoms with van der Waals surface area (Å²) in [6.45, 7) is 4.30. The van der Waals surface area contributed by atoms with E-state index in [2.05, 4.69) is 5.32 Å². The third-order valence-electron chi connectivity index (χ3n) is 3.26. The highest BCUT2D eigenvalue weighted by molar-refractivity contribution is 5.73. The van der Waals surface area contributed by atoms with Gasteiger partial charge in [-0.1, -0.05) is 0 Å². The molecule has 1 saturated heterocycles. The van der Waals surface area contributed by atoms with Crippen LogP contribution in [-0.2, 0) is 47.7 Å². The number of carbonyl (C=O) groups is 5. The molecule has 11 heteroatoms. The molecule has 1 N–H and O–H groups in total. The third-order valence-corrected chi connectivity index (χ3v) is 3.26. The monoisotopic (exact) mass is 375 g/mol. The lowest BCUT2D eigenvalue weighted by molar-refractivity contribution is -0.267. The van der Waals surface area contributed by atoms with Gasteiger partial charge in [-0.3, -0.25) is 24.0 Å². The quantitative estimate of drug-likeness (QED) is 0.328. The third kappa shape index (κ3) is 6.31. The van der Waals surface area contributed by atoms with Crippen molar-refractivity contribution in [2.24, 2.45) is 0 Å². The maximum absolute atomic E-state index is 11.5. The number of rotatable bonds is 7. The van der Waals surface area contributed by atoms with Crippen molar-refractivity contribution in [2.45, 2.75) is 58.3 Å². The lowest BCUT2D eigenvalue weighted by atomic mass is 9.96. The summed E-state index contributed by atoms with van der Waals surface area (Å²) in [6.07, 6.45) is -4.95. The van der Waals surface area contributed by atoms with Crippen LogP contribution in [0.15, 0.2) is 0 Å². The maximum Gasteiger partial charge on any atom is 0.303 e. The Kier molecular flexibility index (Phi) is 7.97. The molecule has 0 aromatic rings. The van der Waals surface area contributed by atoms with E-state index in [9.17, 15) is 24.0 Å². The van der Waals surface area contributed by atoms with Crippen LogP contribution in [-0.4, -0.2) is 67.5 Å². The van der Waals surface area contributed by atoms with Crippen LogP contribution in [0, 0.1) is 0 Å². The Balaban J connectivity index is 3.24. The number of nitrogens with one attached hydrogen (secondary N) is 1. The van der Waals surface area contributed by atoms with E-state index in [1.165, 1.54) is 6.92 Å². The zero-order valence-electron chi connectivity index (χ0n) is 14.8. The molecule has 1 aliphatic heterocycles. The van der Waals surface area contributed by atoms with E-state index in [0.717, 1.165) is 20.8 Å². The highest BCUT2D eigenvalue weighted by Crippen LogP contribution is 2.27. The van der Waals surface area contributed by atoms with Crippen LogP contribution in [0.4, 0.5) is 0 Å². The van der Waals surface area contributed by atoms with Crippen molar-refractivity contribution in [3.05, 3.63) is 0 Å².